The molecule has 13 heavy (non-hydrogen) atoms. The minimum Gasteiger partial charge on any atom is -0.503 e. The van der Waals surface area contributed by atoms with Gasteiger partial charge in [0, 0.05) is 17.3 Å². The highest BCUT2D eigenvalue weighted by Crippen LogP contribution is 2.23. The molecule has 1 rings (SSSR count). The van der Waals surface area contributed by atoms with Gasteiger partial charge in [0.25, 0.3) is 5.56 Å². The Morgan fingerprint density at radius 1 is 1.69 bits per heavy atom. The second-order valence-electron chi connectivity index (χ2n) is 2.78. The molecule has 0 saturated carbocycles. The molecule has 0 radical (unpaired) electrons. The fourth-order valence-corrected chi connectivity index (χ4v) is 1.14. The highest BCUT2D eigenvalue weighted by atomic mass is 16.3. The molecule has 2 N–H and O–H groups in total. The summed E-state index contributed by atoms with van der Waals surface area (Å²) >= 11 is 0. The van der Waals surface area contributed by atoms with Crippen LogP contribution in [0.1, 0.15) is 18.1 Å². The smallest absolute Gasteiger partial charge is 0.290 e. The van der Waals surface area contributed by atoms with Gasteiger partial charge in [-0.3, -0.25) is 4.79 Å². The SMILES string of the molecule is C=Cc1c[nH]c(=O)c(O)c1C(=C)C. The van der Waals surface area contributed by atoms with E-state index < -0.39 is 5.56 Å². The molecular weight excluding hydrogens is 166 g/mol. The number of aromatic nitrogens is 1. The third kappa shape index (κ3) is 1.54. The molecule has 0 aliphatic heterocycles. The molecule has 1 heterocycles. The lowest BCUT2D eigenvalue weighted by Crippen LogP contribution is -2.07. The Labute approximate surface area is 76.1 Å². The molecule has 0 bridgehead atoms. The van der Waals surface area contributed by atoms with Gasteiger partial charge in [-0.1, -0.05) is 19.2 Å². The molecule has 0 atom stereocenters. The normalized spacial score (nSPS) is 9.62. The largest absolute Gasteiger partial charge is 0.503 e. The van der Waals surface area contributed by atoms with Crippen LogP contribution in [0.4, 0.5) is 0 Å². The zero-order valence-corrected chi connectivity index (χ0v) is 7.42. The molecule has 1 aromatic rings. The predicted molar refractivity (Wildman–Crippen MR) is 53.5 cm³/mol. The first-order valence-electron chi connectivity index (χ1n) is 3.81. The van der Waals surface area contributed by atoms with Gasteiger partial charge in [-0.25, -0.2) is 0 Å². The highest BCUT2D eigenvalue weighted by molar-refractivity contribution is 5.74. The minimum absolute atomic E-state index is 0.301. The summed E-state index contributed by atoms with van der Waals surface area (Å²) in [5.74, 6) is -0.301. The lowest BCUT2D eigenvalue weighted by atomic mass is 10.0. The number of aromatic amines is 1. The summed E-state index contributed by atoms with van der Waals surface area (Å²) in [5.41, 5.74) is 1.26. The molecule has 0 spiro atoms. The Hall–Kier alpha value is -1.77. The quantitative estimate of drug-likeness (QED) is 0.723. The van der Waals surface area contributed by atoms with Crippen molar-refractivity contribution in [2.75, 3.05) is 0 Å². The van der Waals surface area contributed by atoms with E-state index in [0.29, 0.717) is 16.7 Å². The van der Waals surface area contributed by atoms with Crippen LogP contribution < -0.4 is 5.56 Å². The standard InChI is InChI=1S/C10H11NO2/c1-4-7-5-11-10(13)9(12)8(7)6(2)3/h4-5,12H,1-2H2,3H3,(H,11,13). The lowest BCUT2D eigenvalue weighted by Gasteiger charge is -2.06. The number of allylic oxidation sites excluding steroid dienone is 1. The van der Waals surface area contributed by atoms with Crippen molar-refractivity contribution in [3.8, 4) is 5.75 Å². The van der Waals surface area contributed by atoms with Gasteiger partial charge in [0.1, 0.15) is 0 Å². The number of hydrogen-bond donors (Lipinski definition) is 2. The summed E-state index contributed by atoms with van der Waals surface area (Å²) in [4.78, 5) is 13.4. The first-order valence-corrected chi connectivity index (χ1v) is 3.81. The summed E-state index contributed by atoms with van der Waals surface area (Å²) in [6.07, 6.45) is 3.05. The monoisotopic (exact) mass is 177 g/mol. The van der Waals surface area contributed by atoms with Crippen molar-refractivity contribution < 1.29 is 5.11 Å². The zero-order valence-electron chi connectivity index (χ0n) is 7.42. The summed E-state index contributed by atoms with van der Waals surface area (Å²) in [6, 6.07) is 0. The van der Waals surface area contributed by atoms with Crippen molar-refractivity contribution in [3.05, 3.63) is 40.8 Å². The molecular formula is C10H11NO2. The summed E-state index contributed by atoms with van der Waals surface area (Å²) in [7, 11) is 0. The van der Waals surface area contributed by atoms with Crippen LogP contribution in [-0.2, 0) is 0 Å². The fraction of sp³-hybridized carbons (Fsp3) is 0.100. The average molecular weight is 177 g/mol. The van der Waals surface area contributed by atoms with Crippen molar-refractivity contribution in [2.45, 2.75) is 6.92 Å². The van der Waals surface area contributed by atoms with E-state index in [0.717, 1.165) is 0 Å². The van der Waals surface area contributed by atoms with E-state index >= 15 is 0 Å². The van der Waals surface area contributed by atoms with E-state index in [4.69, 9.17) is 0 Å². The molecule has 0 aromatic carbocycles. The van der Waals surface area contributed by atoms with Crippen LogP contribution in [-0.4, -0.2) is 10.1 Å². The van der Waals surface area contributed by atoms with Gasteiger partial charge in [-0.2, -0.15) is 0 Å². The molecule has 3 nitrogen and oxygen atoms in total. The highest BCUT2D eigenvalue weighted by Gasteiger charge is 2.09. The van der Waals surface area contributed by atoms with E-state index in [2.05, 4.69) is 18.1 Å². The Morgan fingerprint density at radius 2 is 2.31 bits per heavy atom. The van der Waals surface area contributed by atoms with Gasteiger partial charge < -0.3 is 10.1 Å². The van der Waals surface area contributed by atoms with Crippen LogP contribution in [0, 0.1) is 0 Å². The van der Waals surface area contributed by atoms with Gasteiger partial charge in [0.15, 0.2) is 5.75 Å². The average Bonchev–Trinajstić information content (AvgIpc) is 2.08. The van der Waals surface area contributed by atoms with Gasteiger partial charge >= 0.3 is 0 Å². The minimum atomic E-state index is -0.511. The van der Waals surface area contributed by atoms with Crippen molar-refractivity contribution in [1.82, 2.24) is 4.98 Å². The number of hydrogen-bond acceptors (Lipinski definition) is 2. The molecule has 0 fully saturated rings. The van der Waals surface area contributed by atoms with Crippen molar-refractivity contribution in [2.24, 2.45) is 0 Å². The maximum absolute atomic E-state index is 11.0. The lowest BCUT2D eigenvalue weighted by molar-refractivity contribution is 0.464. The Balaban J connectivity index is 3.59. The number of nitrogens with one attached hydrogen (secondary N) is 1. The molecule has 0 aliphatic rings. The molecule has 0 amide bonds. The summed E-state index contributed by atoms with van der Waals surface area (Å²) in [6.45, 7) is 8.97. The first kappa shape index (κ1) is 9.32. The van der Waals surface area contributed by atoms with Crippen LogP contribution in [0.15, 0.2) is 24.1 Å². The predicted octanol–water partition coefficient (Wildman–Crippen LogP) is 1.76. The third-order valence-corrected chi connectivity index (χ3v) is 1.75. The van der Waals surface area contributed by atoms with E-state index in [1.807, 2.05) is 0 Å². The van der Waals surface area contributed by atoms with Crippen LogP contribution in [0.5, 0.6) is 5.75 Å². The molecule has 1 aromatic heterocycles. The molecule has 0 aliphatic carbocycles. The van der Waals surface area contributed by atoms with Crippen LogP contribution >= 0.6 is 0 Å². The molecule has 0 unspecified atom stereocenters. The van der Waals surface area contributed by atoms with Gasteiger partial charge in [-0.15, -0.1) is 0 Å². The maximum Gasteiger partial charge on any atom is 0.290 e. The van der Waals surface area contributed by atoms with Crippen molar-refractivity contribution in [3.63, 3.8) is 0 Å². The van der Waals surface area contributed by atoms with Crippen LogP contribution in [0.3, 0.4) is 0 Å². The van der Waals surface area contributed by atoms with Crippen LogP contribution in [0.2, 0.25) is 0 Å². The number of rotatable bonds is 2. The van der Waals surface area contributed by atoms with Gasteiger partial charge in [0.2, 0.25) is 0 Å². The van der Waals surface area contributed by atoms with Gasteiger partial charge in [-0.05, 0) is 12.5 Å². The molecule has 3 heteroatoms. The Bertz CT molecular complexity index is 415. The second-order valence-corrected chi connectivity index (χ2v) is 2.78. The topological polar surface area (TPSA) is 53.1 Å². The van der Waals surface area contributed by atoms with Crippen molar-refractivity contribution >= 4 is 11.6 Å². The molecule has 68 valence electrons. The van der Waals surface area contributed by atoms with E-state index in [9.17, 15) is 9.90 Å². The second kappa shape index (κ2) is 3.31. The van der Waals surface area contributed by atoms with Gasteiger partial charge in [0.05, 0.1) is 0 Å². The third-order valence-electron chi connectivity index (χ3n) is 1.75. The first-order chi connectivity index (χ1) is 6.07. The number of H-pyrrole nitrogens is 1. The summed E-state index contributed by atoms with van der Waals surface area (Å²) in [5, 5.41) is 9.43. The van der Waals surface area contributed by atoms with Crippen LogP contribution in [0.25, 0.3) is 11.6 Å². The van der Waals surface area contributed by atoms with E-state index in [1.165, 1.54) is 6.20 Å². The zero-order chi connectivity index (χ0) is 10.0. The Morgan fingerprint density at radius 3 is 2.77 bits per heavy atom. The van der Waals surface area contributed by atoms with E-state index in [-0.39, 0.29) is 5.75 Å². The Kier molecular flexibility index (Phi) is 2.37. The maximum atomic E-state index is 11.0. The molecule has 0 saturated heterocycles. The summed E-state index contributed by atoms with van der Waals surface area (Å²) < 4.78 is 0. The number of pyridine rings is 1. The fourth-order valence-electron chi connectivity index (χ4n) is 1.14. The van der Waals surface area contributed by atoms with Crippen molar-refractivity contribution in [1.29, 1.82) is 0 Å². The van der Waals surface area contributed by atoms with E-state index in [1.54, 1.807) is 13.0 Å². The number of aromatic hydroxyl groups is 1.